The van der Waals surface area contributed by atoms with Gasteiger partial charge in [-0.25, -0.2) is 4.39 Å². The fraction of sp³-hybridized carbons (Fsp3) is 0.294. The molecule has 0 saturated carbocycles. The van der Waals surface area contributed by atoms with Gasteiger partial charge in [-0.3, -0.25) is 4.79 Å². The minimum absolute atomic E-state index is 0.0199. The number of amides is 1. The summed E-state index contributed by atoms with van der Waals surface area (Å²) >= 11 is 0. The molecule has 0 atom stereocenters. The molecule has 8 heteroatoms. The average Bonchev–Trinajstić information content (AvgIpc) is 3.11. The molecule has 1 saturated heterocycles. The van der Waals surface area contributed by atoms with E-state index in [1.165, 1.54) is 12.1 Å². The van der Waals surface area contributed by atoms with Crippen LogP contribution in [0.5, 0.6) is 0 Å². The Labute approximate surface area is 143 Å². The highest BCUT2D eigenvalue weighted by atomic mass is 19.1. The maximum atomic E-state index is 12.9. The molecule has 0 unspecified atom stereocenters. The van der Waals surface area contributed by atoms with Crippen molar-refractivity contribution in [1.82, 2.24) is 19.8 Å². The van der Waals surface area contributed by atoms with Crippen LogP contribution in [0.15, 0.2) is 42.7 Å². The number of nitrogens with zero attached hydrogens (tertiary/aromatic N) is 5. The summed E-state index contributed by atoms with van der Waals surface area (Å²) in [5.41, 5.74) is 1.32. The van der Waals surface area contributed by atoms with Crippen LogP contribution in [0.3, 0.4) is 0 Å². The molecule has 1 amide bonds. The summed E-state index contributed by atoms with van der Waals surface area (Å²) in [6.45, 7) is 1.50. The molecule has 3 aromatic rings. The number of anilines is 2. The van der Waals surface area contributed by atoms with Crippen molar-refractivity contribution in [3.8, 4) is 0 Å². The van der Waals surface area contributed by atoms with E-state index in [2.05, 4.69) is 25.5 Å². The van der Waals surface area contributed by atoms with Gasteiger partial charge in [-0.2, -0.15) is 4.52 Å². The van der Waals surface area contributed by atoms with E-state index in [0.717, 1.165) is 31.7 Å². The molecular weight excluding hydrogens is 323 g/mol. The van der Waals surface area contributed by atoms with Gasteiger partial charge in [-0.1, -0.05) is 0 Å². The zero-order valence-electron chi connectivity index (χ0n) is 13.5. The van der Waals surface area contributed by atoms with Gasteiger partial charge in [0.25, 0.3) is 0 Å². The first-order valence-corrected chi connectivity index (χ1v) is 8.17. The first-order chi connectivity index (χ1) is 12.2. The highest BCUT2D eigenvalue weighted by molar-refractivity contribution is 5.92. The number of halogens is 1. The van der Waals surface area contributed by atoms with E-state index >= 15 is 0 Å². The van der Waals surface area contributed by atoms with E-state index in [-0.39, 0.29) is 17.6 Å². The smallest absolute Gasteiger partial charge is 0.227 e. The van der Waals surface area contributed by atoms with Crippen molar-refractivity contribution in [2.45, 2.75) is 12.8 Å². The number of carbonyl (C=O) groups is 1. The van der Waals surface area contributed by atoms with E-state index in [1.807, 2.05) is 12.1 Å². The molecule has 2 aromatic heterocycles. The van der Waals surface area contributed by atoms with Gasteiger partial charge in [0.2, 0.25) is 5.91 Å². The Morgan fingerprint density at radius 3 is 2.64 bits per heavy atom. The minimum atomic E-state index is -0.316. The summed E-state index contributed by atoms with van der Waals surface area (Å²) in [7, 11) is 0. The van der Waals surface area contributed by atoms with Crippen LogP contribution < -0.4 is 10.2 Å². The Hall–Kier alpha value is -3.03. The number of aromatic nitrogens is 4. The van der Waals surface area contributed by atoms with E-state index in [4.69, 9.17) is 0 Å². The van der Waals surface area contributed by atoms with Crippen LogP contribution in [0, 0.1) is 11.7 Å². The SMILES string of the molecule is O=C(Nc1ccc(F)cc1)C1CCN(c2ccc3nncn3n2)CC1. The van der Waals surface area contributed by atoms with Gasteiger partial charge in [0.1, 0.15) is 18.0 Å². The minimum Gasteiger partial charge on any atom is -0.355 e. The normalized spacial score (nSPS) is 15.5. The summed E-state index contributed by atoms with van der Waals surface area (Å²) < 4.78 is 14.6. The average molecular weight is 340 g/mol. The quantitative estimate of drug-likeness (QED) is 0.790. The molecule has 1 aliphatic rings. The molecule has 4 rings (SSSR count). The van der Waals surface area contributed by atoms with Gasteiger partial charge in [-0.05, 0) is 49.2 Å². The molecule has 1 fully saturated rings. The fourth-order valence-electron chi connectivity index (χ4n) is 3.04. The van der Waals surface area contributed by atoms with E-state index in [9.17, 15) is 9.18 Å². The maximum absolute atomic E-state index is 12.9. The molecule has 1 N–H and O–H groups in total. The van der Waals surface area contributed by atoms with Crippen LogP contribution in [0.25, 0.3) is 5.65 Å². The molecule has 0 spiro atoms. The van der Waals surface area contributed by atoms with Gasteiger partial charge < -0.3 is 10.2 Å². The Bertz CT molecular complexity index is 886. The van der Waals surface area contributed by atoms with Crippen LogP contribution in [0.4, 0.5) is 15.9 Å². The topological polar surface area (TPSA) is 75.4 Å². The number of hydrogen-bond donors (Lipinski definition) is 1. The van der Waals surface area contributed by atoms with E-state index < -0.39 is 0 Å². The van der Waals surface area contributed by atoms with Gasteiger partial charge in [-0.15, -0.1) is 15.3 Å². The second kappa shape index (κ2) is 6.46. The van der Waals surface area contributed by atoms with Crippen LogP contribution in [-0.2, 0) is 4.79 Å². The molecule has 128 valence electrons. The van der Waals surface area contributed by atoms with Crippen LogP contribution in [0.2, 0.25) is 0 Å². The zero-order valence-corrected chi connectivity index (χ0v) is 13.5. The second-order valence-electron chi connectivity index (χ2n) is 6.08. The first kappa shape index (κ1) is 15.5. The van der Waals surface area contributed by atoms with Crippen molar-refractivity contribution < 1.29 is 9.18 Å². The molecule has 7 nitrogen and oxygen atoms in total. The van der Waals surface area contributed by atoms with Crippen molar-refractivity contribution in [3.63, 3.8) is 0 Å². The van der Waals surface area contributed by atoms with Crippen molar-refractivity contribution in [1.29, 1.82) is 0 Å². The van der Waals surface area contributed by atoms with Crippen LogP contribution in [0.1, 0.15) is 12.8 Å². The van der Waals surface area contributed by atoms with Crippen LogP contribution >= 0.6 is 0 Å². The fourth-order valence-corrected chi connectivity index (χ4v) is 3.04. The van der Waals surface area contributed by atoms with E-state index in [1.54, 1.807) is 23.0 Å². The second-order valence-corrected chi connectivity index (χ2v) is 6.08. The lowest BCUT2D eigenvalue weighted by Crippen LogP contribution is -2.38. The van der Waals surface area contributed by atoms with E-state index in [0.29, 0.717) is 11.3 Å². The third-order valence-electron chi connectivity index (χ3n) is 4.45. The Morgan fingerprint density at radius 2 is 1.88 bits per heavy atom. The number of carbonyl (C=O) groups excluding carboxylic acids is 1. The number of nitrogens with one attached hydrogen (secondary N) is 1. The number of rotatable bonds is 3. The highest BCUT2D eigenvalue weighted by Crippen LogP contribution is 2.23. The van der Waals surface area contributed by atoms with Crippen LogP contribution in [-0.4, -0.2) is 38.8 Å². The van der Waals surface area contributed by atoms with Crippen molar-refractivity contribution in [3.05, 3.63) is 48.5 Å². The lowest BCUT2D eigenvalue weighted by Gasteiger charge is -2.32. The van der Waals surface area contributed by atoms with Gasteiger partial charge in [0.05, 0.1) is 0 Å². The first-order valence-electron chi connectivity index (χ1n) is 8.17. The number of benzene rings is 1. The summed E-state index contributed by atoms with van der Waals surface area (Å²) in [6, 6.07) is 9.61. The zero-order chi connectivity index (χ0) is 17.2. The predicted octanol–water partition coefficient (Wildman–Crippen LogP) is 2.12. The lowest BCUT2D eigenvalue weighted by molar-refractivity contribution is -0.120. The predicted molar refractivity (Wildman–Crippen MR) is 90.7 cm³/mol. The molecule has 3 heterocycles. The molecule has 25 heavy (non-hydrogen) atoms. The standard InChI is InChI=1S/C17H17FN6O/c18-13-1-3-14(4-2-13)20-17(25)12-7-9-23(10-8-12)16-6-5-15-21-19-11-24(15)22-16/h1-6,11-12H,7-10H2,(H,20,25). The maximum Gasteiger partial charge on any atom is 0.227 e. The Morgan fingerprint density at radius 1 is 1.12 bits per heavy atom. The van der Waals surface area contributed by atoms with Crippen molar-refractivity contribution in [2.75, 3.05) is 23.3 Å². The van der Waals surface area contributed by atoms with Gasteiger partial charge in [0.15, 0.2) is 5.65 Å². The third-order valence-corrected chi connectivity index (χ3v) is 4.45. The summed E-state index contributed by atoms with van der Waals surface area (Å²) in [4.78, 5) is 14.5. The Balaban J connectivity index is 1.37. The number of fused-ring (bicyclic) bond motifs is 1. The number of piperidine rings is 1. The summed E-state index contributed by atoms with van der Waals surface area (Å²) in [5, 5.41) is 15.1. The molecule has 1 aliphatic heterocycles. The largest absolute Gasteiger partial charge is 0.355 e. The number of hydrogen-bond acceptors (Lipinski definition) is 5. The van der Waals surface area contributed by atoms with Gasteiger partial charge in [0, 0.05) is 24.7 Å². The van der Waals surface area contributed by atoms with Crippen molar-refractivity contribution >= 4 is 23.1 Å². The van der Waals surface area contributed by atoms with Gasteiger partial charge >= 0.3 is 0 Å². The summed E-state index contributed by atoms with van der Waals surface area (Å²) in [6.07, 6.45) is 3.06. The highest BCUT2D eigenvalue weighted by Gasteiger charge is 2.26. The monoisotopic (exact) mass is 340 g/mol. The van der Waals surface area contributed by atoms with Crippen molar-refractivity contribution in [2.24, 2.45) is 5.92 Å². The Kier molecular flexibility index (Phi) is 4.01. The molecule has 0 radical (unpaired) electrons. The molecule has 0 aliphatic carbocycles. The molecule has 1 aromatic carbocycles. The lowest BCUT2D eigenvalue weighted by atomic mass is 9.96. The molecular formula is C17H17FN6O. The molecule has 0 bridgehead atoms. The summed E-state index contributed by atoms with van der Waals surface area (Å²) in [5.74, 6) is 0.460. The third kappa shape index (κ3) is 3.28.